The largest absolute Gasteiger partial charge is 0.394 e. The molecule has 106 valence electrons. The Morgan fingerprint density at radius 1 is 1.35 bits per heavy atom. The molecule has 0 saturated carbocycles. The van der Waals surface area contributed by atoms with E-state index in [1.807, 2.05) is 43.3 Å². The van der Waals surface area contributed by atoms with Crippen LogP contribution in [0.1, 0.15) is 38.6 Å². The van der Waals surface area contributed by atoms with Crippen LogP contribution in [-0.2, 0) is 6.42 Å². The zero-order chi connectivity index (χ0) is 14.5. The van der Waals surface area contributed by atoms with Crippen LogP contribution in [0.4, 0.5) is 0 Å². The van der Waals surface area contributed by atoms with Crippen LogP contribution in [-0.4, -0.2) is 17.6 Å². The van der Waals surface area contributed by atoms with Gasteiger partial charge in [-0.05, 0) is 30.5 Å². The quantitative estimate of drug-likeness (QED) is 0.888. The van der Waals surface area contributed by atoms with Gasteiger partial charge in [-0.25, -0.2) is 0 Å². The lowest BCUT2D eigenvalue weighted by atomic mass is 10.1. The molecule has 0 bridgehead atoms. The highest BCUT2D eigenvalue weighted by Gasteiger charge is 2.17. The van der Waals surface area contributed by atoms with Crippen molar-refractivity contribution in [3.8, 4) is 0 Å². The fraction of sp³-hybridized carbons (Fsp3) is 0.312. The lowest BCUT2D eigenvalue weighted by Crippen LogP contribution is -2.30. The normalized spacial score (nSPS) is 12.2. The van der Waals surface area contributed by atoms with E-state index < -0.39 is 0 Å². The summed E-state index contributed by atoms with van der Waals surface area (Å²) in [4.78, 5) is 14.2. The Morgan fingerprint density at radius 3 is 2.60 bits per heavy atom. The first-order valence-corrected chi connectivity index (χ1v) is 7.53. The second kappa shape index (κ2) is 6.68. The number of amides is 1. The van der Waals surface area contributed by atoms with Crippen molar-refractivity contribution in [2.24, 2.45) is 0 Å². The maximum Gasteiger partial charge on any atom is 0.261 e. The van der Waals surface area contributed by atoms with Crippen LogP contribution in [0.15, 0.2) is 36.4 Å². The van der Waals surface area contributed by atoms with Crippen molar-refractivity contribution in [1.82, 2.24) is 5.32 Å². The molecule has 0 saturated heterocycles. The Kier molecular flexibility index (Phi) is 4.93. The van der Waals surface area contributed by atoms with E-state index in [1.54, 1.807) is 0 Å². The minimum atomic E-state index is -0.365. The van der Waals surface area contributed by atoms with Crippen molar-refractivity contribution >= 4 is 17.2 Å². The van der Waals surface area contributed by atoms with E-state index in [1.165, 1.54) is 16.2 Å². The van der Waals surface area contributed by atoms with Crippen LogP contribution in [0.2, 0.25) is 0 Å². The number of carbonyl (C=O) groups excluding carboxylic acids is 1. The van der Waals surface area contributed by atoms with Crippen molar-refractivity contribution in [1.29, 1.82) is 0 Å². The Bertz CT molecular complexity index is 577. The standard InChI is InChI=1S/C16H19NO2S/c1-3-14-11(2)9-15(20-14)16(19)17-13(10-18)12-7-5-4-6-8-12/h4-9,13,18H,3,10H2,1-2H3,(H,17,19). The molecule has 0 fully saturated rings. The molecule has 1 unspecified atom stereocenters. The highest BCUT2D eigenvalue weighted by Crippen LogP contribution is 2.23. The molecule has 0 aliphatic carbocycles. The third-order valence-electron chi connectivity index (χ3n) is 3.26. The molecule has 2 aromatic rings. The van der Waals surface area contributed by atoms with Gasteiger partial charge in [0.1, 0.15) is 0 Å². The fourth-order valence-corrected chi connectivity index (χ4v) is 3.15. The molecule has 0 aliphatic rings. The van der Waals surface area contributed by atoms with E-state index in [9.17, 15) is 9.90 Å². The number of hydrogen-bond acceptors (Lipinski definition) is 3. The van der Waals surface area contributed by atoms with Crippen molar-refractivity contribution in [2.75, 3.05) is 6.61 Å². The van der Waals surface area contributed by atoms with Crippen molar-refractivity contribution in [2.45, 2.75) is 26.3 Å². The van der Waals surface area contributed by atoms with Gasteiger partial charge in [0.05, 0.1) is 17.5 Å². The molecule has 2 rings (SSSR count). The van der Waals surface area contributed by atoms with Crippen LogP contribution < -0.4 is 5.32 Å². The predicted molar refractivity (Wildman–Crippen MR) is 82.2 cm³/mol. The molecule has 1 atom stereocenters. The summed E-state index contributed by atoms with van der Waals surface area (Å²) in [6.07, 6.45) is 0.936. The summed E-state index contributed by atoms with van der Waals surface area (Å²) < 4.78 is 0. The lowest BCUT2D eigenvalue weighted by molar-refractivity contribution is 0.0920. The molecule has 1 aromatic carbocycles. The molecule has 4 heteroatoms. The first kappa shape index (κ1) is 14.8. The number of hydrogen-bond donors (Lipinski definition) is 2. The van der Waals surface area contributed by atoms with E-state index in [0.29, 0.717) is 4.88 Å². The Labute approximate surface area is 123 Å². The molecule has 1 aromatic heterocycles. The second-order valence-electron chi connectivity index (χ2n) is 4.69. The maximum atomic E-state index is 12.3. The molecule has 0 radical (unpaired) electrons. The van der Waals surface area contributed by atoms with Gasteiger partial charge in [-0.15, -0.1) is 11.3 Å². The maximum absolute atomic E-state index is 12.3. The number of aliphatic hydroxyl groups is 1. The number of carbonyl (C=O) groups is 1. The third kappa shape index (κ3) is 3.26. The van der Waals surface area contributed by atoms with Crippen LogP contribution in [0, 0.1) is 6.92 Å². The summed E-state index contributed by atoms with van der Waals surface area (Å²) in [6, 6.07) is 11.1. The number of aryl methyl sites for hydroxylation is 2. The lowest BCUT2D eigenvalue weighted by Gasteiger charge is -2.16. The van der Waals surface area contributed by atoms with Gasteiger partial charge in [-0.2, -0.15) is 0 Å². The number of nitrogens with one attached hydrogen (secondary N) is 1. The van der Waals surface area contributed by atoms with Gasteiger partial charge in [0, 0.05) is 4.88 Å². The first-order chi connectivity index (χ1) is 9.65. The highest BCUT2D eigenvalue weighted by molar-refractivity contribution is 7.14. The van der Waals surface area contributed by atoms with E-state index in [-0.39, 0.29) is 18.6 Å². The number of benzene rings is 1. The van der Waals surface area contributed by atoms with E-state index in [2.05, 4.69) is 12.2 Å². The van der Waals surface area contributed by atoms with Gasteiger partial charge in [-0.3, -0.25) is 4.79 Å². The average molecular weight is 289 g/mol. The molecule has 1 amide bonds. The molecular weight excluding hydrogens is 270 g/mol. The zero-order valence-electron chi connectivity index (χ0n) is 11.7. The average Bonchev–Trinajstić information content (AvgIpc) is 2.86. The molecule has 3 nitrogen and oxygen atoms in total. The van der Waals surface area contributed by atoms with Gasteiger partial charge >= 0.3 is 0 Å². The molecule has 0 spiro atoms. The topological polar surface area (TPSA) is 49.3 Å². The smallest absolute Gasteiger partial charge is 0.261 e. The first-order valence-electron chi connectivity index (χ1n) is 6.71. The van der Waals surface area contributed by atoms with Gasteiger partial charge in [0.25, 0.3) is 5.91 Å². The summed E-state index contributed by atoms with van der Waals surface area (Å²) in [5, 5.41) is 12.4. The van der Waals surface area contributed by atoms with Crippen molar-refractivity contribution in [3.05, 3.63) is 57.3 Å². The summed E-state index contributed by atoms with van der Waals surface area (Å²) >= 11 is 1.52. The Hall–Kier alpha value is -1.65. The summed E-state index contributed by atoms with van der Waals surface area (Å²) in [6.45, 7) is 3.99. The summed E-state index contributed by atoms with van der Waals surface area (Å²) in [7, 11) is 0. The Morgan fingerprint density at radius 2 is 2.05 bits per heavy atom. The van der Waals surface area contributed by atoms with E-state index in [0.717, 1.165) is 17.5 Å². The minimum absolute atomic E-state index is 0.110. The van der Waals surface area contributed by atoms with Crippen molar-refractivity contribution in [3.63, 3.8) is 0 Å². The molecule has 20 heavy (non-hydrogen) atoms. The second-order valence-corrected chi connectivity index (χ2v) is 5.83. The summed E-state index contributed by atoms with van der Waals surface area (Å²) in [5.41, 5.74) is 2.07. The number of aliphatic hydroxyl groups excluding tert-OH is 1. The number of rotatable bonds is 5. The fourth-order valence-electron chi connectivity index (χ4n) is 2.13. The zero-order valence-corrected chi connectivity index (χ0v) is 12.5. The van der Waals surface area contributed by atoms with Gasteiger partial charge in [0.2, 0.25) is 0 Å². The summed E-state index contributed by atoms with van der Waals surface area (Å²) in [5.74, 6) is -0.124. The van der Waals surface area contributed by atoms with Crippen LogP contribution in [0.5, 0.6) is 0 Å². The van der Waals surface area contributed by atoms with Gasteiger partial charge < -0.3 is 10.4 Å². The SMILES string of the molecule is CCc1sc(C(=O)NC(CO)c2ccccc2)cc1C. The molecule has 2 N–H and O–H groups in total. The van der Waals surface area contributed by atoms with Gasteiger partial charge in [0.15, 0.2) is 0 Å². The van der Waals surface area contributed by atoms with E-state index in [4.69, 9.17) is 0 Å². The monoisotopic (exact) mass is 289 g/mol. The van der Waals surface area contributed by atoms with Crippen LogP contribution in [0.3, 0.4) is 0 Å². The number of thiophene rings is 1. The third-order valence-corrected chi connectivity index (χ3v) is 4.64. The highest BCUT2D eigenvalue weighted by atomic mass is 32.1. The Balaban J connectivity index is 2.13. The molecule has 1 heterocycles. The van der Waals surface area contributed by atoms with Gasteiger partial charge in [-0.1, -0.05) is 37.3 Å². The molecular formula is C16H19NO2S. The minimum Gasteiger partial charge on any atom is -0.394 e. The van der Waals surface area contributed by atoms with Crippen LogP contribution in [0.25, 0.3) is 0 Å². The van der Waals surface area contributed by atoms with Crippen LogP contribution >= 0.6 is 11.3 Å². The predicted octanol–water partition coefficient (Wildman–Crippen LogP) is 3.08. The molecule has 0 aliphatic heterocycles. The van der Waals surface area contributed by atoms with Crippen molar-refractivity contribution < 1.29 is 9.90 Å². The van der Waals surface area contributed by atoms with E-state index >= 15 is 0 Å².